The summed E-state index contributed by atoms with van der Waals surface area (Å²) in [5.41, 5.74) is 46.7. The Kier molecular flexibility index (Phi) is 21.7. The number of rotatable bonds is 10. The smallest absolute Gasteiger partial charge is 0.399 e. The lowest BCUT2D eigenvalue weighted by Crippen LogP contribution is -2.41. The van der Waals surface area contributed by atoms with E-state index in [1.165, 1.54) is 207 Å². The van der Waals surface area contributed by atoms with Crippen LogP contribution >= 0.6 is 15.9 Å². The predicted octanol–water partition coefficient (Wildman–Crippen LogP) is 34.0. The van der Waals surface area contributed by atoms with Gasteiger partial charge in [-0.2, -0.15) is 0 Å². The van der Waals surface area contributed by atoms with Gasteiger partial charge in [-0.05, 0) is 331 Å². The molecule has 0 amide bonds. The number of hydrogen-bond acceptors (Lipinski definition) is 7. The van der Waals surface area contributed by atoms with Crippen LogP contribution in [0.4, 0.5) is 51.2 Å². The summed E-state index contributed by atoms with van der Waals surface area (Å²) >= 11 is 3.89. The van der Waals surface area contributed by atoms with E-state index in [1.54, 1.807) is 0 Å². The SMILES string of the molecule is CC1(C)OB(c2ccc(B3OC(C)(C)C(C)(C)O3)cc2)OC1(C)C.CC1(C)c2cc(-c3ccccc3)ccc2N2c3ccc(-c4ccccc4)cc3C(C)(C)c3cc(-c4ccc(-c5cc6c7c(c5)C(C)(C)c5cc(-c8ccccc8)ccc5N7c5ccc(-c7ccccc7)cc5C6(C)C)cc4)cc1c32.CC1(C)c2cc(-c3ccccc3)ccc2N2c3ccc(-c4ccccc4)cc3C(C)(C)c3cc(Br)cc1c32. The van der Waals surface area contributed by atoms with E-state index >= 15 is 0 Å². The molecular weight excluding hydrogens is 1790 g/mol. The van der Waals surface area contributed by atoms with Gasteiger partial charge in [0.05, 0.1) is 73.6 Å². The molecular formula is C132H122B2BrN3O4. The Morgan fingerprint density at radius 2 is 0.324 bits per heavy atom. The zero-order valence-electron chi connectivity index (χ0n) is 85.3. The average Bonchev–Trinajstić information content (AvgIpc) is 0.786. The molecule has 0 atom stereocenters. The van der Waals surface area contributed by atoms with Crippen molar-refractivity contribution in [2.45, 2.75) is 193 Å². The molecule has 0 spiro atoms. The van der Waals surface area contributed by atoms with Crippen LogP contribution in [0, 0.1) is 0 Å². The summed E-state index contributed by atoms with van der Waals surface area (Å²) in [6.07, 6.45) is 0. The highest BCUT2D eigenvalue weighted by molar-refractivity contribution is 9.10. The lowest BCUT2D eigenvalue weighted by atomic mass is 9.65. The molecule has 8 aliphatic heterocycles. The summed E-state index contributed by atoms with van der Waals surface area (Å²) < 4.78 is 25.5. The molecule has 0 N–H and O–H groups in total. The Labute approximate surface area is 849 Å². The van der Waals surface area contributed by atoms with E-state index in [0.717, 1.165) is 15.4 Å². The van der Waals surface area contributed by atoms with E-state index in [0.29, 0.717) is 0 Å². The van der Waals surface area contributed by atoms with Gasteiger partial charge in [-0.15, -0.1) is 0 Å². The van der Waals surface area contributed by atoms with Crippen LogP contribution in [-0.2, 0) is 51.1 Å². The Balaban J connectivity index is 0.000000148. The van der Waals surface area contributed by atoms with Gasteiger partial charge < -0.3 is 33.3 Å². The standard InChI is InChI=1S/C78H64N2.C36H30BrN.C18H28B2O4/c1-75(2)61-41-55(49-21-13-9-14-22-49)33-37-69(61)79-70-38-34-56(50-23-15-10-16-24-50)42-62(70)76(3,4)66-46-59(45-65(75)73(66)79)53-29-31-54(32-30-53)60-47-67-74-68(48-60)78(7,8)64-44-58(52-27-19-12-20-28-52)36-40-72(64)80(74)71-39-35-57(43-63(71)77(67,5)6)51-25-17-11-18-26-51;1-35(2)28-19-25(23-11-7-5-8-12-23)15-17-32(28)38-33-18-16-26(24-13-9-6-10-14-24)20-29(33)36(3,4)31-22-27(37)21-30(35)34(31)38;1-15(2)16(3,4)22-19(21-15)13-9-11-14(12-10-13)20-23-17(5,6)18(7,8)24-20/h9-48H,1-8H3;5-22H,1-4H3;9-12H,1-8H3. The molecule has 0 unspecified atom stereocenters. The Bertz CT molecular complexity index is 7160. The summed E-state index contributed by atoms with van der Waals surface area (Å²) in [6.45, 7) is 45.5. The van der Waals surface area contributed by atoms with Crippen molar-refractivity contribution in [2.75, 3.05) is 14.7 Å². The van der Waals surface area contributed by atoms with Crippen molar-refractivity contribution in [1.82, 2.24) is 0 Å². The molecule has 0 aliphatic carbocycles. The first-order chi connectivity index (χ1) is 67.8. The minimum absolute atomic E-state index is 0.151. The van der Waals surface area contributed by atoms with Crippen LogP contribution in [0.1, 0.15) is 205 Å². The zero-order valence-corrected chi connectivity index (χ0v) is 86.9. The maximum Gasteiger partial charge on any atom is 0.494 e. The Hall–Kier alpha value is -13.4. The van der Waals surface area contributed by atoms with Gasteiger partial charge in [-0.25, -0.2) is 0 Å². The van der Waals surface area contributed by atoms with Gasteiger partial charge in [0.25, 0.3) is 0 Å². The van der Waals surface area contributed by atoms with Crippen LogP contribution in [-0.4, -0.2) is 36.6 Å². The molecule has 7 nitrogen and oxygen atoms in total. The molecule has 17 aromatic rings. The number of halogens is 1. The van der Waals surface area contributed by atoms with Gasteiger partial charge in [0.15, 0.2) is 0 Å². The number of hydrogen-bond donors (Lipinski definition) is 0. The van der Waals surface area contributed by atoms with Crippen LogP contribution in [0.25, 0.3) is 89.0 Å². The number of nitrogens with zero attached hydrogens (tertiary/aromatic N) is 3. The number of fused-ring (bicyclic) bond motifs is 12. The van der Waals surface area contributed by atoms with E-state index in [-0.39, 0.29) is 69.1 Å². The van der Waals surface area contributed by atoms with Crippen LogP contribution in [0.5, 0.6) is 0 Å². The molecule has 25 rings (SSSR count). The fraction of sp³-hybridized carbons (Fsp3) is 0.227. The first-order valence-corrected chi connectivity index (χ1v) is 51.3. The first kappa shape index (κ1) is 92.3. The lowest BCUT2D eigenvalue weighted by Gasteiger charge is -2.50. The molecule has 17 aromatic carbocycles. The van der Waals surface area contributed by atoms with Gasteiger partial charge in [-0.3, -0.25) is 0 Å². The molecule has 2 fully saturated rings. The summed E-state index contributed by atoms with van der Waals surface area (Å²) in [4.78, 5) is 7.72. The lowest BCUT2D eigenvalue weighted by molar-refractivity contribution is 0.00578. The largest absolute Gasteiger partial charge is 0.494 e. The van der Waals surface area contributed by atoms with Crippen molar-refractivity contribution in [2.24, 2.45) is 0 Å². The highest BCUT2D eigenvalue weighted by atomic mass is 79.9. The number of anilines is 9. The maximum absolute atomic E-state index is 6.10. The van der Waals surface area contributed by atoms with Crippen LogP contribution in [0.2, 0.25) is 0 Å². The quantitative estimate of drug-likeness (QED) is 0.126. The van der Waals surface area contributed by atoms with Crippen molar-refractivity contribution >= 4 is 92.3 Å². The molecule has 142 heavy (non-hydrogen) atoms. The highest BCUT2D eigenvalue weighted by Gasteiger charge is 2.56. The van der Waals surface area contributed by atoms with E-state index < -0.39 is 0 Å². The summed E-state index contributed by atoms with van der Waals surface area (Å²) in [7, 11) is -0.690. The summed E-state index contributed by atoms with van der Waals surface area (Å²) in [6, 6.07) is 140. The Morgan fingerprint density at radius 1 is 0.169 bits per heavy atom. The van der Waals surface area contributed by atoms with E-state index in [9.17, 15) is 0 Å². The monoisotopic (exact) mass is 1910 g/mol. The predicted molar refractivity (Wildman–Crippen MR) is 599 cm³/mol. The first-order valence-electron chi connectivity index (χ1n) is 50.5. The molecule has 0 radical (unpaired) electrons. The van der Waals surface area contributed by atoms with Crippen LogP contribution < -0.4 is 25.6 Å². The van der Waals surface area contributed by atoms with Gasteiger partial charge in [0.2, 0.25) is 0 Å². The molecule has 8 aliphatic rings. The van der Waals surface area contributed by atoms with Crippen molar-refractivity contribution < 1.29 is 18.6 Å². The molecule has 8 heterocycles. The normalized spacial score (nSPS) is 17.7. The third-order valence-electron chi connectivity index (χ3n) is 33.7. The van der Waals surface area contributed by atoms with Crippen molar-refractivity contribution in [3.63, 3.8) is 0 Å². The van der Waals surface area contributed by atoms with Crippen molar-refractivity contribution in [3.8, 4) is 89.0 Å². The molecule has 702 valence electrons. The van der Waals surface area contributed by atoms with Crippen LogP contribution in [0.3, 0.4) is 0 Å². The second-order valence-electron chi connectivity index (χ2n) is 45.5. The topological polar surface area (TPSA) is 46.6 Å². The van der Waals surface area contributed by atoms with Gasteiger partial charge in [0, 0.05) is 37.0 Å². The minimum Gasteiger partial charge on any atom is -0.399 e. The summed E-state index contributed by atoms with van der Waals surface area (Å²) in [5.74, 6) is 0. The second kappa shape index (κ2) is 33.4. The van der Waals surface area contributed by atoms with Gasteiger partial charge in [0.1, 0.15) is 0 Å². The summed E-state index contributed by atoms with van der Waals surface area (Å²) in [5, 5.41) is 0. The third-order valence-corrected chi connectivity index (χ3v) is 34.1. The van der Waals surface area contributed by atoms with E-state index in [1.807, 2.05) is 24.3 Å². The highest BCUT2D eigenvalue weighted by Crippen LogP contribution is 2.67. The molecule has 2 saturated heterocycles. The second-order valence-corrected chi connectivity index (χ2v) is 46.4. The van der Waals surface area contributed by atoms with Gasteiger partial charge in [-0.1, -0.05) is 366 Å². The van der Waals surface area contributed by atoms with Crippen molar-refractivity contribution in [1.29, 1.82) is 0 Å². The van der Waals surface area contributed by atoms with Crippen LogP contribution in [0.15, 0.2) is 381 Å². The molecule has 0 bridgehead atoms. The number of benzene rings is 17. The van der Waals surface area contributed by atoms with Gasteiger partial charge >= 0.3 is 14.2 Å². The molecule has 0 saturated carbocycles. The third kappa shape index (κ3) is 14.9. The van der Waals surface area contributed by atoms with E-state index in [2.05, 4.69) is 521 Å². The zero-order chi connectivity index (χ0) is 98.6. The van der Waals surface area contributed by atoms with Crippen molar-refractivity contribution in [3.05, 3.63) is 447 Å². The van der Waals surface area contributed by atoms with E-state index in [4.69, 9.17) is 18.6 Å². The minimum atomic E-state index is -0.345. The fourth-order valence-electron chi connectivity index (χ4n) is 23.6. The fourth-order valence-corrected chi connectivity index (χ4v) is 24.1. The maximum atomic E-state index is 6.10. The average molecular weight is 1920 g/mol. The molecule has 0 aromatic heterocycles. The molecule has 10 heteroatoms. The Morgan fingerprint density at radius 3 is 0.507 bits per heavy atom.